The first-order valence-corrected chi connectivity index (χ1v) is 7.90. The van der Waals surface area contributed by atoms with E-state index in [4.69, 9.17) is 9.47 Å². The predicted molar refractivity (Wildman–Crippen MR) is 88.7 cm³/mol. The Morgan fingerprint density at radius 1 is 1.00 bits per heavy atom. The normalized spacial score (nSPS) is 12.7. The van der Waals surface area contributed by atoms with Gasteiger partial charge in [-0.15, -0.1) is 0 Å². The zero-order valence-corrected chi connectivity index (χ0v) is 13.3. The summed E-state index contributed by atoms with van der Waals surface area (Å²) in [6, 6.07) is 16.1. The average Bonchev–Trinajstić information content (AvgIpc) is 2.59. The lowest BCUT2D eigenvalue weighted by molar-refractivity contribution is -0.129. The molecule has 0 atom stereocenters. The van der Waals surface area contributed by atoms with Crippen molar-refractivity contribution in [1.82, 2.24) is 4.90 Å². The third-order valence-corrected chi connectivity index (χ3v) is 3.94. The quantitative estimate of drug-likeness (QED) is 0.852. The Morgan fingerprint density at radius 2 is 1.74 bits per heavy atom. The van der Waals surface area contributed by atoms with Gasteiger partial charge in [0.15, 0.2) is 11.5 Å². The molecule has 0 aliphatic carbocycles. The molecule has 4 heteroatoms. The Morgan fingerprint density at radius 3 is 2.48 bits per heavy atom. The average molecular weight is 311 g/mol. The van der Waals surface area contributed by atoms with Gasteiger partial charge in [-0.3, -0.25) is 4.79 Å². The van der Waals surface area contributed by atoms with Crippen LogP contribution in [-0.2, 0) is 17.8 Å². The molecule has 1 amide bonds. The summed E-state index contributed by atoms with van der Waals surface area (Å²) < 4.78 is 11.1. The number of fused-ring (bicyclic) bond motifs is 1. The highest BCUT2D eigenvalue weighted by molar-refractivity contribution is 5.73. The van der Waals surface area contributed by atoms with Gasteiger partial charge in [-0.25, -0.2) is 0 Å². The van der Waals surface area contributed by atoms with Gasteiger partial charge in [0.25, 0.3) is 0 Å². The maximum absolute atomic E-state index is 11.9. The van der Waals surface area contributed by atoms with E-state index in [0.29, 0.717) is 26.3 Å². The van der Waals surface area contributed by atoms with Crippen molar-refractivity contribution in [3.63, 3.8) is 0 Å². The molecule has 120 valence electrons. The maximum atomic E-state index is 11.9. The third-order valence-electron chi connectivity index (χ3n) is 3.94. The lowest BCUT2D eigenvalue weighted by Crippen LogP contribution is -2.30. The Bertz CT molecular complexity index is 670. The molecule has 3 rings (SSSR count). The van der Waals surface area contributed by atoms with Gasteiger partial charge in [0.1, 0.15) is 13.2 Å². The largest absolute Gasteiger partial charge is 0.486 e. The van der Waals surface area contributed by atoms with Crippen LogP contribution in [0.15, 0.2) is 48.5 Å². The van der Waals surface area contributed by atoms with E-state index in [1.807, 2.05) is 41.3 Å². The molecular weight excluding hydrogens is 290 g/mol. The van der Waals surface area contributed by atoms with E-state index in [0.717, 1.165) is 23.5 Å². The second-order valence-corrected chi connectivity index (χ2v) is 5.65. The molecule has 2 aromatic carbocycles. The van der Waals surface area contributed by atoms with Crippen LogP contribution in [0.5, 0.6) is 11.5 Å². The molecule has 4 nitrogen and oxygen atoms in total. The van der Waals surface area contributed by atoms with Crippen LogP contribution >= 0.6 is 0 Å². The minimum atomic E-state index is 0.0795. The molecule has 2 aromatic rings. The second-order valence-electron chi connectivity index (χ2n) is 5.65. The van der Waals surface area contributed by atoms with Gasteiger partial charge >= 0.3 is 0 Å². The molecule has 0 saturated carbocycles. The summed E-state index contributed by atoms with van der Waals surface area (Å²) in [6.45, 7) is 4.06. The molecule has 1 aliphatic heterocycles. The minimum Gasteiger partial charge on any atom is -0.486 e. The second kappa shape index (κ2) is 7.18. The fourth-order valence-electron chi connectivity index (χ4n) is 2.66. The molecule has 0 radical (unpaired) electrons. The number of hydrogen-bond acceptors (Lipinski definition) is 3. The molecule has 1 heterocycles. The van der Waals surface area contributed by atoms with E-state index < -0.39 is 0 Å². The Labute approximate surface area is 136 Å². The highest BCUT2D eigenvalue weighted by Gasteiger charge is 2.14. The number of carbonyl (C=O) groups excluding carboxylic acids is 1. The topological polar surface area (TPSA) is 38.8 Å². The molecule has 0 unspecified atom stereocenters. The van der Waals surface area contributed by atoms with Crippen LogP contribution in [0.2, 0.25) is 0 Å². The summed E-state index contributed by atoms with van der Waals surface area (Å²) in [5.74, 6) is 1.62. The Kier molecular flexibility index (Phi) is 4.81. The van der Waals surface area contributed by atoms with Crippen LogP contribution < -0.4 is 9.47 Å². The first-order valence-electron chi connectivity index (χ1n) is 7.90. The lowest BCUT2D eigenvalue weighted by Gasteiger charge is -2.23. The van der Waals surface area contributed by atoms with Gasteiger partial charge in [0.2, 0.25) is 5.91 Å². The van der Waals surface area contributed by atoms with Crippen molar-refractivity contribution in [1.29, 1.82) is 0 Å². The third kappa shape index (κ3) is 4.03. The first kappa shape index (κ1) is 15.4. The first-order chi connectivity index (χ1) is 11.2. The van der Waals surface area contributed by atoms with Gasteiger partial charge in [0.05, 0.1) is 0 Å². The van der Waals surface area contributed by atoms with E-state index in [-0.39, 0.29) is 5.91 Å². The summed E-state index contributed by atoms with van der Waals surface area (Å²) in [6.07, 6.45) is 0.852. The summed E-state index contributed by atoms with van der Waals surface area (Å²) in [7, 11) is 0. The van der Waals surface area contributed by atoms with Crippen LogP contribution in [0.3, 0.4) is 0 Å². The van der Waals surface area contributed by atoms with Crippen molar-refractivity contribution >= 4 is 5.91 Å². The maximum Gasteiger partial charge on any atom is 0.219 e. The molecule has 0 N–H and O–H groups in total. The number of nitrogens with zero attached hydrogens (tertiary/aromatic N) is 1. The van der Waals surface area contributed by atoms with E-state index in [1.165, 1.54) is 5.56 Å². The molecule has 0 saturated heterocycles. The number of carbonyl (C=O) groups is 1. The predicted octanol–water partition coefficient (Wildman–Crippen LogP) is 3.05. The summed E-state index contributed by atoms with van der Waals surface area (Å²) in [4.78, 5) is 13.8. The zero-order chi connectivity index (χ0) is 16.1. The van der Waals surface area contributed by atoms with E-state index >= 15 is 0 Å². The van der Waals surface area contributed by atoms with Crippen molar-refractivity contribution in [3.8, 4) is 11.5 Å². The van der Waals surface area contributed by atoms with Crippen LogP contribution in [0.4, 0.5) is 0 Å². The monoisotopic (exact) mass is 311 g/mol. The lowest BCUT2D eigenvalue weighted by atomic mass is 10.1. The van der Waals surface area contributed by atoms with Crippen molar-refractivity contribution in [2.24, 2.45) is 0 Å². The van der Waals surface area contributed by atoms with Crippen molar-refractivity contribution in [2.45, 2.75) is 19.9 Å². The molecule has 0 aromatic heterocycles. The SMILES string of the molecule is CC(=O)N(CCc1ccccc1)Cc1ccc2c(c1)OCCO2. The van der Waals surface area contributed by atoms with Crippen molar-refractivity contribution < 1.29 is 14.3 Å². The fourth-order valence-corrected chi connectivity index (χ4v) is 2.66. The number of ether oxygens (including phenoxy) is 2. The minimum absolute atomic E-state index is 0.0795. The van der Waals surface area contributed by atoms with E-state index in [1.54, 1.807) is 6.92 Å². The molecule has 0 fully saturated rings. The smallest absolute Gasteiger partial charge is 0.219 e. The number of hydrogen-bond donors (Lipinski definition) is 0. The molecule has 23 heavy (non-hydrogen) atoms. The zero-order valence-electron chi connectivity index (χ0n) is 13.3. The van der Waals surface area contributed by atoms with Gasteiger partial charge in [-0.2, -0.15) is 0 Å². The number of rotatable bonds is 5. The van der Waals surface area contributed by atoms with Crippen LogP contribution in [0.1, 0.15) is 18.1 Å². The Balaban J connectivity index is 1.66. The fraction of sp³-hybridized carbons (Fsp3) is 0.316. The van der Waals surface area contributed by atoms with Gasteiger partial charge in [-0.1, -0.05) is 36.4 Å². The number of benzene rings is 2. The molecule has 0 spiro atoms. The summed E-state index contributed by atoms with van der Waals surface area (Å²) in [5.41, 5.74) is 2.29. The summed E-state index contributed by atoms with van der Waals surface area (Å²) >= 11 is 0. The van der Waals surface area contributed by atoms with Gasteiger partial charge < -0.3 is 14.4 Å². The highest BCUT2D eigenvalue weighted by atomic mass is 16.6. The highest BCUT2D eigenvalue weighted by Crippen LogP contribution is 2.31. The standard InChI is InChI=1S/C19H21NO3/c1-15(21)20(10-9-16-5-3-2-4-6-16)14-17-7-8-18-19(13-17)23-12-11-22-18/h2-8,13H,9-12,14H2,1H3. The van der Waals surface area contributed by atoms with Crippen LogP contribution in [0.25, 0.3) is 0 Å². The molecule has 0 bridgehead atoms. The number of amides is 1. The molecule has 1 aliphatic rings. The van der Waals surface area contributed by atoms with E-state index in [9.17, 15) is 4.79 Å². The van der Waals surface area contributed by atoms with Crippen molar-refractivity contribution in [2.75, 3.05) is 19.8 Å². The van der Waals surface area contributed by atoms with Crippen LogP contribution in [0, 0.1) is 0 Å². The van der Waals surface area contributed by atoms with Gasteiger partial charge in [-0.05, 0) is 29.7 Å². The molecular formula is C19H21NO3. The summed E-state index contributed by atoms with van der Waals surface area (Å²) in [5, 5.41) is 0. The van der Waals surface area contributed by atoms with E-state index in [2.05, 4.69) is 12.1 Å². The van der Waals surface area contributed by atoms with Crippen molar-refractivity contribution in [3.05, 3.63) is 59.7 Å². The van der Waals surface area contributed by atoms with Gasteiger partial charge in [0, 0.05) is 20.0 Å². The Hall–Kier alpha value is -2.49. The van der Waals surface area contributed by atoms with Crippen LogP contribution in [-0.4, -0.2) is 30.6 Å².